The molecule has 3 aromatic rings. The minimum atomic E-state index is 0.0409. The summed E-state index contributed by atoms with van der Waals surface area (Å²) in [5.41, 5.74) is 3.49. The third kappa shape index (κ3) is 3.94. The van der Waals surface area contributed by atoms with E-state index in [-0.39, 0.29) is 12.8 Å². The number of hydrogen-bond acceptors (Lipinski definition) is 3. The lowest BCUT2D eigenvalue weighted by molar-refractivity contribution is 0.174. The van der Waals surface area contributed by atoms with Crippen molar-refractivity contribution in [3.8, 4) is 11.5 Å². The average Bonchev–Trinajstić information content (AvgIpc) is 3.21. The van der Waals surface area contributed by atoms with Crippen molar-refractivity contribution in [1.29, 1.82) is 0 Å². The Morgan fingerprint density at radius 1 is 0.929 bits per heavy atom. The maximum absolute atomic E-state index is 5.71. The van der Waals surface area contributed by atoms with Gasteiger partial charge in [0, 0.05) is 13.6 Å². The van der Waals surface area contributed by atoms with Gasteiger partial charge in [-0.25, -0.2) is 0 Å². The Bertz CT molecular complexity index is 908. The van der Waals surface area contributed by atoms with E-state index in [1.807, 2.05) is 37.4 Å². The van der Waals surface area contributed by atoms with Crippen LogP contribution in [0.4, 0.5) is 0 Å². The standard InChI is InChI=1S/C23H22N2O2S/c1-25(22(18-8-4-2-5-9-18)19-10-6-3-7-11-19)23(28)24-15-17-12-13-20-21(14-17)27-16-26-20/h2-14,22H,15-16H2,1H3,(H,24,28). The van der Waals surface area contributed by atoms with Gasteiger partial charge in [-0.2, -0.15) is 0 Å². The number of nitrogens with one attached hydrogen (secondary N) is 1. The summed E-state index contributed by atoms with van der Waals surface area (Å²) in [6.45, 7) is 0.902. The van der Waals surface area contributed by atoms with Crippen molar-refractivity contribution in [2.24, 2.45) is 0 Å². The third-order valence-corrected chi connectivity index (χ3v) is 5.25. The molecule has 142 valence electrons. The van der Waals surface area contributed by atoms with Crippen LogP contribution >= 0.6 is 12.2 Å². The fourth-order valence-corrected chi connectivity index (χ4v) is 3.56. The average molecular weight is 391 g/mol. The van der Waals surface area contributed by atoms with Gasteiger partial charge in [0.2, 0.25) is 6.79 Å². The summed E-state index contributed by atoms with van der Waals surface area (Å²) >= 11 is 5.71. The summed E-state index contributed by atoms with van der Waals surface area (Å²) in [4.78, 5) is 2.10. The second-order valence-corrected chi connectivity index (χ2v) is 7.07. The number of hydrogen-bond donors (Lipinski definition) is 1. The van der Waals surface area contributed by atoms with Gasteiger partial charge in [-0.15, -0.1) is 0 Å². The fraction of sp³-hybridized carbons (Fsp3) is 0.174. The highest BCUT2D eigenvalue weighted by Crippen LogP contribution is 2.32. The molecule has 1 N–H and O–H groups in total. The zero-order chi connectivity index (χ0) is 19.3. The first-order chi connectivity index (χ1) is 13.7. The van der Waals surface area contributed by atoms with Crippen LogP contribution in [0.25, 0.3) is 0 Å². The lowest BCUT2D eigenvalue weighted by atomic mass is 9.98. The number of thiocarbonyl (C=S) groups is 1. The molecule has 5 heteroatoms. The maximum Gasteiger partial charge on any atom is 0.231 e. The second-order valence-electron chi connectivity index (χ2n) is 6.68. The minimum Gasteiger partial charge on any atom is -0.454 e. The number of rotatable bonds is 5. The second kappa shape index (κ2) is 8.31. The molecule has 0 bridgehead atoms. The normalized spacial score (nSPS) is 12.1. The first kappa shape index (κ1) is 18.3. The van der Waals surface area contributed by atoms with Gasteiger partial charge in [-0.3, -0.25) is 0 Å². The van der Waals surface area contributed by atoms with Crippen LogP contribution < -0.4 is 14.8 Å². The predicted octanol–water partition coefficient (Wildman–Crippen LogP) is 4.51. The molecular formula is C23H22N2O2S. The molecule has 0 spiro atoms. The van der Waals surface area contributed by atoms with Gasteiger partial charge < -0.3 is 19.7 Å². The molecule has 0 radical (unpaired) electrons. The first-order valence-electron chi connectivity index (χ1n) is 9.21. The molecule has 0 fully saturated rings. The van der Waals surface area contributed by atoms with Crippen LogP contribution in [0.1, 0.15) is 22.7 Å². The minimum absolute atomic E-state index is 0.0409. The molecule has 1 heterocycles. The van der Waals surface area contributed by atoms with Gasteiger partial charge in [0.1, 0.15) is 0 Å². The smallest absolute Gasteiger partial charge is 0.231 e. The summed E-state index contributed by atoms with van der Waals surface area (Å²) in [7, 11) is 2.03. The van der Waals surface area contributed by atoms with E-state index in [1.54, 1.807) is 0 Å². The van der Waals surface area contributed by atoms with Crippen LogP contribution in [-0.2, 0) is 6.54 Å². The summed E-state index contributed by atoms with van der Waals surface area (Å²) in [5.74, 6) is 1.57. The molecule has 1 aliphatic heterocycles. The number of nitrogens with zero attached hydrogens (tertiary/aromatic N) is 1. The zero-order valence-corrected chi connectivity index (χ0v) is 16.5. The van der Waals surface area contributed by atoms with Crippen LogP contribution in [0.5, 0.6) is 11.5 Å². The number of benzene rings is 3. The summed E-state index contributed by atoms with van der Waals surface area (Å²) < 4.78 is 10.8. The van der Waals surface area contributed by atoms with Crippen molar-refractivity contribution in [3.05, 3.63) is 95.6 Å². The van der Waals surface area contributed by atoms with E-state index in [0.717, 1.165) is 17.1 Å². The SMILES string of the molecule is CN(C(=S)NCc1ccc2c(c1)OCO2)C(c1ccccc1)c1ccccc1. The van der Waals surface area contributed by atoms with Gasteiger partial charge in [-0.1, -0.05) is 66.7 Å². The highest BCUT2D eigenvalue weighted by atomic mass is 32.1. The summed E-state index contributed by atoms with van der Waals surface area (Å²) in [6, 6.07) is 26.8. The molecule has 0 atom stereocenters. The molecule has 0 amide bonds. The van der Waals surface area contributed by atoms with Crippen LogP contribution in [-0.4, -0.2) is 23.9 Å². The molecule has 0 aliphatic carbocycles. The molecular weight excluding hydrogens is 368 g/mol. The van der Waals surface area contributed by atoms with Crippen molar-refractivity contribution in [2.75, 3.05) is 13.8 Å². The topological polar surface area (TPSA) is 33.7 Å². The van der Waals surface area contributed by atoms with Gasteiger partial charge in [-0.05, 0) is 41.0 Å². The Morgan fingerprint density at radius 3 is 2.18 bits per heavy atom. The Kier molecular flexibility index (Phi) is 5.44. The Hall–Kier alpha value is -3.05. The molecule has 4 nitrogen and oxygen atoms in total. The quantitative estimate of drug-likeness (QED) is 0.648. The number of ether oxygens (including phenoxy) is 2. The summed E-state index contributed by atoms with van der Waals surface area (Å²) in [6.07, 6.45) is 0. The van der Waals surface area contributed by atoms with E-state index in [0.29, 0.717) is 11.7 Å². The van der Waals surface area contributed by atoms with Crippen molar-refractivity contribution in [2.45, 2.75) is 12.6 Å². The van der Waals surface area contributed by atoms with E-state index in [2.05, 4.69) is 58.7 Å². The molecule has 0 aromatic heterocycles. The Labute approximate surface area is 170 Å². The van der Waals surface area contributed by atoms with Crippen molar-refractivity contribution in [1.82, 2.24) is 10.2 Å². The molecule has 1 aliphatic rings. The lowest BCUT2D eigenvalue weighted by Crippen LogP contribution is -2.39. The largest absolute Gasteiger partial charge is 0.454 e. The molecule has 3 aromatic carbocycles. The van der Waals surface area contributed by atoms with E-state index < -0.39 is 0 Å². The predicted molar refractivity (Wildman–Crippen MR) is 114 cm³/mol. The third-order valence-electron chi connectivity index (χ3n) is 4.82. The fourth-order valence-electron chi connectivity index (χ4n) is 3.38. The lowest BCUT2D eigenvalue weighted by Gasteiger charge is -2.31. The van der Waals surface area contributed by atoms with Gasteiger partial charge in [0.25, 0.3) is 0 Å². The van der Waals surface area contributed by atoms with Crippen LogP contribution in [0, 0.1) is 0 Å². The molecule has 28 heavy (non-hydrogen) atoms. The highest BCUT2D eigenvalue weighted by molar-refractivity contribution is 7.80. The zero-order valence-electron chi connectivity index (χ0n) is 15.7. The van der Waals surface area contributed by atoms with Gasteiger partial charge in [0.15, 0.2) is 16.6 Å². The van der Waals surface area contributed by atoms with E-state index in [1.165, 1.54) is 11.1 Å². The molecule has 4 rings (SSSR count). The summed E-state index contributed by atoms with van der Waals surface area (Å²) in [5, 5.41) is 4.06. The van der Waals surface area contributed by atoms with Gasteiger partial charge in [0.05, 0.1) is 6.04 Å². The molecule has 0 saturated heterocycles. The number of fused-ring (bicyclic) bond motifs is 1. The Balaban J connectivity index is 1.50. The highest BCUT2D eigenvalue weighted by Gasteiger charge is 2.21. The molecule has 0 unspecified atom stereocenters. The van der Waals surface area contributed by atoms with Crippen molar-refractivity contribution >= 4 is 17.3 Å². The van der Waals surface area contributed by atoms with Crippen molar-refractivity contribution in [3.63, 3.8) is 0 Å². The monoisotopic (exact) mass is 390 g/mol. The molecule has 0 saturated carbocycles. The van der Waals surface area contributed by atoms with E-state index >= 15 is 0 Å². The first-order valence-corrected chi connectivity index (χ1v) is 9.62. The van der Waals surface area contributed by atoms with Crippen LogP contribution in [0.3, 0.4) is 0 Å². The Morgan fingerprint density at radius 2 is 1.54 bits per heavy atom. The van der Waals surface area contributed by atoms with Crippen molar-refractivity contribution < 1.29 is 9.47 Å². The maximum atomic E-state index is 5.71. The van der Waals surface area contributed by atoms with Crippen LogP contribution in [0.15, 0.2) is 78.9 Å². The van der Waals surface area contributed by atoms with E-state index in [4.69, 9.17) is 21.7 Å². The van der Waals surface area contributed by atoms with E-state index in [9.17, 15) is 0 Å². The van der Waals surface area contributed by atoms with Gasteiger partial charge >= 0.3 is 0 Å². The van der Waals surface area contributed by atoms with Crippen LogP contribution in [0.2, 0.25) is 0 Å².